The van der Waals surface area contributed by atoms with E-state index in [9.17, 15) is 9.59 Å². The molecule has 0 aromatic heterocycles. The summed E-state index contributed by atoms with van der Waals surface area (Å²) >= 11 is 0. The molecule has 4 rings (SSSR count). The van der Waals surface area contributed by atoms with E-state index in [0.717, 1.165) is 85.1 Å². The third-order valence-corrected chi connectivity index (χ3v) is 10.1. The standard InChI is InChI=1S/C44H64N2O4/c1-5-9-13-26-45(27-14-10-6-2)30-18-32-49-43(47)35-22-23-36-37-20-17-21-38-40(25-24-39(42(37)38)41(36)34-35)44(48)50-33-19-31-46(28-15-11-7-3)29-16-12-8-4/h17,20-25,34H,5-16,18-19,26-33H2,1-4H3. The number of rotatable bonds is 26. The normalized spacial score (nSPS) is 11.9. The molecule has 0 heterocycles. The van der Waals surface area contributed by atoms with Gasteiger partial charge in [0.1, 0.15) is 0 Å². The van der Waals surface area contributed by atoms with Gasteiger partial charge in [0, 0.05) is 13.1 Å². The fourth-order valence-electron chi connectivity index (χ4n) is 7.24. The lowest BCUT2D eigenvalue weighted by molar-refractivity contribution is 0.0479. The van der Waals surface area contributed by atoms with Crippen LogP contribution >= 0.6 is 0 Å². The summed E-state index contributed by atoms with van der Waals surface area (Å²) < 4.78 is 11.6. The summed E-state index contributed by atoms with van der Waals surface area (Å²) in [4.78, 5) is 31.6. The van der Waals surface area contributed by atoms with Crippen molar-refractivity contribution < 1.29 is 19.1 Å². The molecule has 0 amide bonds. The number of unbranched alkanes of at least 4 members (excludes halogenated alkanes) is 8. The van der Waals surface area contributed by atoms with Crippen molar-refractivity contribution >= 4 is 22.7 Å². The van der Waals surface area contributed by atoms with E-state index in [1.54, 1.807) is 0 Å². The Morgan fingerprint density at radius 1 is 0.500 bits per heavy atom. The average molecular weight is 685 g/mol. The molecule has 50 heavy (non-hydrogen) atoms. The van der Waals surface area contributed by atoms with Gasteiger partial charge in [-0.1, -0.05) is 109 Å². The van der Waals surface area contributed by atoms with Crippen LogP contribution in [0.2, 0.25) is 0 Å². The van der Waals surface area contributed by atoms with Gasteiger partial charge < -0.3 is 19.3 Å². The third-order valence-electron chi connectivity index (χ3n) is 10.1. The van der Waals surface area contributed by atoms with Crippen LogP contribution < -0.4 is 0 Å². The second-order valence-electron chi connectivity index (χ2n) is 14.1. The van der Waals surface area contributed by atoms with Gasteiger partial charge in [0.25, 0.3) is 0 Å². The smallest absolute Gasteiger partial charge is 0.338 e. The molecule has 0 spiro atoms. The van der Waals surface area contributed by atoms with Crippen LogP contribution in [0.4, 0.5) is 0 Å². The van der Waals surface area contributed by atoms with Crippen molar-refractivity contribution in [3.05, 3.63) is 59.7 Å². The molecule has 6 nitrogen and oxygen atoms in total. The maximum Gasteiger partial charge on any atom is 0.338 e. The van der Waals surface area contributed by atoms with Crippen molar-refractivity contribution in [1.29, 1.82) is 0 Å². The minimum atomic E-state index is -0.280. The highest BCUT2D eigenvalue weighted by Crippen LogP contribution is 2.48. The Balaban J connectivity index is 1.35. The zero-order valence-electron chi connectivity index (χ0n) is 31.7. The fraction of sp³-hybridized carbons (Fsp3) is 0.591. The molecule has 1 aliphatic rings. The van der Waals surface area contributed by atoms with E-state index in [1.165, 1.54) is 77.0 Å². The van der Waals surface area contributed by atoms with Crippen LogP contribution in [-0.2, 0) is 9.47 Å². The highest BCUT2D eigenvalue weighted by Gasteiger charge is 2.25. The van der Waals surface area contributed by atoms with Crippen molar-refractivity contribution in [3.8, 4) is 22.3 Å². The number of esters is 2. The number of fused-ring (bicyclic) bond motifs is 3. The molecule has 0 atom stereocenters. The number of nitrogens with zero attached hydrogens (tertiary/aromatic N) is 2. The van der Waals surface area contributed by atoms with Crippen LogP contribution in [0.1, 0.15) is 138 Å². The first-order valence-electron chi connectivity index (χ1n) is 20.0. The Hall–Kier alpha value is -3.22. The van der Waals surface area contributed by atoms with E-state index in [0.29, 0.717) is 24.3 Å². The molecule has 1 aliphatic carbocycles. The average Bonchev–Trinajstić information content (AvgIpc) is 3.45. The molecule has 0 N–H and O–H groups in total. The summed E-state index contributed by atoms with van der Waals surface area (Å²) in [5.74, 6) is -0.551. The number of ether oxygens (including phenoxy) is 2. The van der Waals surface area contributed by atoms with Crippen LogP contribution in [0.3, 0.4) is 0 Å². The monoisotopic (exact) mass is 684 g/mol. The van der Waals surface area contributed by atoms with E-state index >= 15 is 0 Å². The third kappa shape index (κ3) is 11.4. The van der Waals surface area contributed by atoms with Crippen molar-refractivity contribution in [3.63, 3.8) is 0 Å². The number of carbonyl (C=O) groups excluding carboxylic acids is 2. The summed E-state index contributed by atoms with van der Waals surface area (Å²) in [5.41, 5.74) is 5.38. The van der Waals surface area contributed by atoms with Gasteiger partial charge in [0.05, 0.1) is 24.3 Å². The summed E-state index contributed by atoms with van der Waals surface area (Å²) in [6.45, 7) is 16.2. The van der Waals surface area contributed by atoms with Crippen LogP contribution in [0.5, 0.6) is 0 Å². The first kappa shape index (κ1) is 39.6. The molecule has 0 saturated carbocycles. The first-order valence-corrected chi connectivity index (χ1v) is 20.0. The molecular weight excluding hydrogens is 620 g/mol. The number of hydrogen-bond acceptors (Lipinski definition) is 6. The zero-order valence-corrected chi connectivity index (χ0v) is 31.7. The van der Waals surface area contributed by atoms with Gasteiger partial charge in [-0.25, -0.2) is 9.59 Å². The zero-order chi connectivity index (χ0) is 35.6. The highest BCUT2D eigenvalue weighted by atomic mass is 16.5. The van der Waals surface area contributed by atoms with Gasteiger partial charge in [-0.3, -0.25) is 0 Å². The van der Waals surface area contributed by atoms with Crippen molar-refractivity contribution in [2.24, 2.45) is 0 Å². The van der Waals surface area contributed by atoms with E-state index in [-0.39, 0.29) is 11.9 Å². The maximum atomic E-state index is 13.4. The molecule has 3 aromatic carbocycles. The van der Waals surface area contributed by atoms with Crippen molar-refractivity contribution in [1.82, 2.24) is 9.80 Å². The Morgan fingerprint density at radius 2 is 0.980 bits per heavy atom. The molecule has 0 aliphatic heterocycles. The predicted octanol–water partition coefficient (Wildman–Crippen LogP) is 10.9. The lowest BCUT2D eigenvalue weighted by atomic mass is 9.98. The second-order valence-corrected chi connectivity index (χ2v) is 14.1. The fourth-order valence-corrected chi connectivity index (χ4v) is 7.24. The Kier molecular flexibility index (Phi) is 17.3. The Labute approximate surface area is 302 Å². The minimum Gasteiger partial charge on any atom is -0.462 e. The largest absolute Gasteiger partial charge is 0.462 e. The van der Waals surface area contributed by atoms with Crippen LogP contribution in [0.25, 0.3) is 33.0 Å². The lowest BCUT2D eigenvalue weighted by Gasteiger charge is -2.22. The molecule has 274 valence electrons. The van der Waals surface area contributed by atoms with E-state index in [1.807, 2.05) is 42.5 Å². The molecule has 0 fully saturated rings. The summed E-state index contributed by atoms with van der Waals surface area (Å²) in [6, 6.07) is 15.9. The van der Waals surface area contributed by atoms with Gasteiger partial charge in [-0.15, -0.1) is 0 Å². The Bertz CT molecular complexity index is 1460. The molecule has 3 aromatic rings. The van der Waals surface area contributed by atoms with Gasteiger partial charge in [-0.05, 0) is 116 Å². The summed E-state index contributed by atoms with van der Waals surface area (Å²) in [5, 5.41) is 1.94. The first-order chi connectivity index (χ1) is 24.5. The Morgan fingerprint density at radius 3 is 1.52 bits per heavy atom. The van der Waals surface area contributed by atoms with Gasteiger partial charge in [-0.2, -0.15) is 0 Å². The number of benzene rings is 3. The van der Waals surface area contributed by atoms with Crippen LogP contribution in [0, 0.1) is 0 Å². The summed E-state index contributed by atoms with van der Waals surface area (Å²) in [6.07, 6.45) is 16.6. The van der Waals surface area contributed by atoms with Gasteiger partial charge in [0.15, 0.2) is 0 Å². The molecular formula is C44H64N2O4. The van der Waals surface area contributed by atoms with Crippen molar-refractivity contribution in [2.75, 3.05) is 52.5 Å². The van der Waals surface area contributed by atoms with Crippen LogP contribution in [0.15, 0.2) is 48.5 Å². The topological polar surface area (TPSA) is 59.1 Å². The molecule has 0 saturated heterocycles. The van der Waals surface area contributed by atoms with Gasteiger partial charge in [0.2, 0.25) is 0 Å². The minimum absolute atomic E-state index is 0.272. The van der Waals surface area contributed by atoms with Crippen molar-refractivity contribution in [2.45, 2.75) is 118 Å². The molecule has 6 heteroatoms. The van der Waals surface area contributed by atoms with E-state index in [4.69, 9.17) is 9.47 Å². The van der Waals surface area contributed by atoms with E-state index < -0.39 is 0 Å². The number of carbonyl (C=O) groups is 2. The SMILES string of the molecule is CCCCCN(CCCCC)CCCOC(=O)c1ccc2c(c1)-c1ccc(C(=O)OCCCN(CCCCC)CCCCC)c3cccc-2c13. The summed E-state index contributed by atoms with van der Waals surface area (Å²) in [7, 11) is 0. The van der Waals surface area contributed by atoms with Gasteiger partial charge >= 0.3 is 11.9 Å². The molecule has 0 radical (unpaired) electrons. The molecule has 0 bridgehead atoms. The quantitative estimate of drug-likeness (QED) is 0.0485. The lowest BCUT2D eigenvalue weighted by Crippen LogP contribution is -2.28. The highest BCUT2D eigenvalue weighted by molar-refractivity contribution is 6.20. The predicted molar refractivity (Wildman–Crippen MR) is 209 cm³/mol. The maximum absolute atomic E-state index is 13.4. The molecule has 0 unspecified atom stereocenters. The van der Waals surface area contributed by atoms with Crippen LogP contribution in [-0.4, -0.2) is 74.2 Å². The number of hydrogen-bond donors (Lipinski definition) is 0. The van der Waals surface area contributed by atoms with E-state index in [2.05, 4.69) is 43.6 Å². The second kappa shape index (κ2) is 21.9.